The van der Waals surface area contributed by atoms with Crippen molar-refractivity contribution in [2.45, 2.75) is 32.2 Å². The van der Waals surface area contributed by atoms with Gasteiger partial charge in [0, 0.05) is 25.6 Å². The lowest BCUT2D eigenvalue weighted by molar-refractivity contribution is 0.179. The molecule has 0 spiro atoms. The van der Waals surface area contributed by atoms with Crippen LogP contribution in [0, 0.1) is 6.92 Å². The molecule has 6 heteroatoms. The molecule has 1 aliphatic rings. The van der Waals surface area contributed by atoms with E-state index in [-0.39, 0.29) is 6.03 Å². The quantitative estimate of drug-likeness (QED) is 0.947. The molecule has 1 aliphatic heterocycles. The standard InChI is InChI=1S/C16H20N4OS/c1-12-18-19-15(22-12)14-8-5-9-20(11-14)16(21)17-10-13-6-3-2-4-7-13/h2-4,6-7,14H,5,8-11H2,1H3,(H,17,21). The van der Waals surface area contributed by atoms with E-state index in [1.54, 1.807) is 11.3 Å². The third-order valence-electron chi connectivity index (χ3n) is 3.89. The summed E-state index contributed by atoms with van der Waals surface area (Å²) in [5, 5.41) is 13.4. The predicted octanol–water partition coefficient (Wildman–Crippen LogP) is 2.94. The summed E-state index contributed by atoms with van der Waals surface area (Å²) in [4.78, 5) is 14.2. The number of benzene rings is 1. The minimum absolute atomic E-state index is 0.00907. The molecule has 0 bridgehead atoms. The van der Waals surface area contributed by atoms with Gasteiger partial charge in [-0.05, 0) is 25.3 Å². The topological polar surface area (TPSA) is 58.1 Å². The Morgan fingerprint density at radius 1 is 1.36 bits per heavy atom. The van der Waals surface area contributed by atoms with E-state index < -0.39 is 0 Å². The van der Waals surface area contributed by atoms with Gasteiger partial charge in [-0.1, -0.05) is 30.3 Å². The molecule has 116 valence electrons. The first-order chi connectivity index (χ1) is 10.7. The lowest BCUT2D eigenvalue weighted by Crippen LogP contribution is -2.44. The normalized spacial score (nSPS) is 18.2. The molecule has 0 radical (unpaired) electrons. The SMILES string of the molecule is Cc1nnc(C2CCCN(C(=O)NCc3ccccc3)C2)s1. The van der Waals surface area contributed by atoms with Crippen LogP contribution in [0.25, 0.3) is 0 Å². The Hall–Kier alpha value is -1.95. The lowest BCUT2D eigenvalue weighted by Gasteiger charge is -2.31. The van der Waals surface area contributed by atoms with Gasteiger partial charge in [0.2, 0.25) is 0 Å². The number of aryl methyl sites for hydroxylation is 1. The van der Waals surface area contributed by atoms with Gasteiger partial charge in [0.05, 0.1) is 0 Å². The molecule has 5 nitrogen and oxygen atoms in total. The lowest BCUT2D eigenvalue weighted by atomic mass is 9.99. The number of nitrogens with zero attached hydrogens (tertiary/aromatic N) is 3. The van der Waals surface area contributed by atoms with Gasteiger partial charge in [-0.15, -0.1) is 21.5 Å². The molecule has 22 heavy (non-hydrogen) atoms. The molecule has 0 saturated carbocycles. The second kappa shape index (κ2) is 6.87. The molecule has 1 N–H and O–H groups in total. The molecule has 2 heterocycles. The summed E-state index contributed by atoms with van der Waals surface area (Å²) in [5.41, 5.74) is 1.11. The monoisotopic (exact) mass is 316 g/mol. The maximum atomic E-state index is 12.3. The molecule has 1 atom stereocenters. The number of piperidine rings is 1. The molecular weight excluding hydrogens is 296 g/mol. The van der Waals surface area contributed by atoms with Crippen molar-refractivity contribution in [3.05, 3.63) is 45.9 Å². The second-order valence-electron chi connectivity index (χ2n) is 5.59. The van der Waals surface area contributed by atoms with E-state index in [4.69, 9.17) is 0 Å². The predicted molar refractivity (Wildman–Crippen MR) is 86.9 cm³/mol. The summed E-state index contributed by atoms with van der Waals surface area (Å²) in [7, 11) is 0. The number of carbonyl (C=O) groups is 1. The van der Waals surface area contributed by atoms with E-state index in [0.717, 1.165) is 41.5 Å². The molecule has 2 amide bonds. The van der Waals surface area contributed by atoms with Gasteiger partial charge in [-0.2, -0.15) is 0 Å². The second-order valence-corrected chi connectivity index (χ2v) is 6.80. The van der Waals surface area contributed by atoms with Crippen LogP contribution >= 0.6 is 11.3 Å². The van der Waals surface area contributed by atoms with E-state index in [1.165, 1.54) is 0 Å². The van der Waals surface area contributed by atoms with Crippen LogP contribution in [0.2, 0.25) is 0 Å². The highest BCUT2D eigenvalue weighted by atomic mass is 32.1. The Morgan fingerprint density at radius 2 is 2.18 bits per heavy atom. The van der Waals surface area contributed by atoms with E-state index >= 15 is 0 Å². The third-order valence-corrected chi connectivity index (χ3v) is 4.89. The average Bonchev–Trinajstić information content (AvgIpc) is 3.00. The van der Waals surface area contributed by atoms with Crippen LogP contribution in [0.3, 0.4) is 0 Å². The molecule has 1 aromatic heterocycles. The van der Waals surface area contributed by atoms with Gasteiger partial charge in [-0.3, -0.25) is 0 Å². The summed E-state index contributed by atoms with van der Waals surface area (Å²) in [5.74, 6) is 0.322. The van der Waals surface area contributed by atoms with Crippen molar-refractivity contribution in [2.75, 3.05) is 13.1 Å². The van der Waals surface area contributed by atoms with Crippen LogP contribution in [-0.4, -0.2) is 34.2 Å². The Labute approximate surface area is 134 Å². The zero-order chi connectivity index (χ0) is 15.4. The van der Waals surface area contributed by atoms with Gasteiger partial charge in [0.15, 0.2) is 0 Å². The number of hydrogen-bond acceptors (Lipinski definition) is 4. The number of nitrogens with one attached hydrogen (secondary N) is 1. The minimum atomic E-state index is 0.00907. The van der Waals surface area contributed by atoms with E-state index in [0.29, 0.717) is 12.5 Å². The first-order valence-corrected chi connectivity index (χ1v) is 8.41. The zero-order valence-corrected chi connectivity index (χ0v) is 13.5. The summed E-state index contributed by atoms with van der Waals surface area (Å²) in [6.45, 7) is 4.08. The zero-order valence-electron chi connectivity index (χ0n) is 12.7. The van der Waals surface area contributed by atoms with E-state index in [2.05, 4.69) is 15.5 Å². The van der Waals surface area contributed by atoms with Crippen LogP contribution in [0.15, 0.2) is 30.3 Å². The van der Waals surface area contributed by atoms with Crippen molar-refractivity contribution in [1.82, 2.24) is 20.4 Å². The molecule has 1 unspecified atom stereocenters. The van der Waals surface area contributed by atoms with Crippen molar-refractivity contribution in [3.8, 4) is 0 Å². The maximum absolute atomic E-state index is 12.3. The minimum Gasteiger partial charge on any atom is -0.334 e. The molecule has 1 aromatic carbocycles. The van der Waals surface area contributed by atoms with Crippen molar-refractivity contribution < 1.29 is 4.79 Å². The highest BCUT2D eigenvalue weighted by Gasteiger charge is 2.26. The Morgan fingerprint density at radius 3 is 2.91 bits per heavy atom. The number of carbonyl (C=O) groups excluding carboxylic acids is 1. The highest BCUT2D eigenvalue weighted by molar-refractivity contribution is 7.11. The van der Waals surface area contributed by atoms with Crippen LogP contribution in [0.5, 0.6) is 0 Å². The molecule has 0 aliphatic carbocycles. The van der Waals surface area contributed by atoms with Gasteiger partial charge in [0.25, 0.3) is 0 Å². The first kappa shape index (κ1) is 15.0. The van der Waals surface area contributed by atoms with Gasteiger partial charge in [-0.25, -0.2) is 4.79 Å². The van der Waals surface area contributed by atoms with Crippen LogP contribution < -0.4 is 5.32 Å². The van der Waals surface area contributed by atoms with Crippen molar-refractivity contribution in [2.24, 2.45) is 0 Å². The van der Waals surface area contributed by atoms with Crippen LogP contribution in [-0.2, 0) is 6.54 Å². The molecule has 3 rings (SSSR count). The van der Waals surface area contributed by atoms with Gasteiger partial charge < -0.3 is 10.2 Å². The number of rotatable bonds is 3. The van der Waals surface area contributed by atoms with Crippen molar-refractivity contribution in [3.63, 3.8) is 0 Å². The molecule has 2 aromatic rings. The fraction of sp³-hybridized carbons (Fsp3) is 0.438. The smallest absolute Gasteiger partial charge is 0.317 e. The van der Waals surface area contributed by atoms with E-state index in [9.17, 15) is 4.79 Å². The number of urea groups is 1. The fourth-order valence-electron chi connectivity index (χ4n) is 2.73. The summed E-state index contributed by atoms with van der Waals surface area (Å²) in [6, 6.07) is 9.98. The number of amides is 2. The largest absolute Gasteiger partial charge is 0.334 e. The van der Waals surface area contributed by atoms with Gasteiger partial charge in [0.1, 0.15) is 10.0 Å². The van der Waals surface area contributed by atoms with E-state index in [1.807, 2.05) is 42.2 Å². The number of likely N-dealkylation sites (tertiary alicyclic amines) is 1. The van der Waals surface area contributed by atoms with Crippen LogP contribution in [0.1, 0.15) is 34.3 Å². The third kappa shape index (κ3) is 3.62. The van der Waals surface area contributed by atoms with Gasteiger partial charge >= 0.3 is 6.03 Å². The number of hydrogen-bond donors (Lipinski definition) is 1. The Kier molecular flexibility index (Phi) is 4.68. The fourth-order valence-corrected chi connectivity index (χ4v) is 3.55. The van der Waals surface area contributed by atoms with Crippen LogP contribution in [0.4, 0.5) is 4.79 Å². The maximum Gasteiger partial charge on any atom is 0.317 e. The summed E-state index contributed by atoms with van der Waals surface area (Å²) < 4.78 is 0. The average molecular weight is 316 g/mol. The Bertz CT molecular complexity index is 628. The highest BCUT2D eigenvalue weighted by Crippen LogP contribution is 2.28. The summed E-state index contributed by atoms with van der Waals surface area (Å²) in [6.07, 6.45) is 2.10. The van der Waals surface area contributed by atoms with Crippen molar-refractivity contribution >= 4 is 17.4 Å². The number of aromatic nitrogens is 2. The molecule has 1 saturated heterocycles. The Balaban J connectivity index is 1.56. The summed E-state index contributed by atoms with van der Waals surface area (Å²) >= 11 is 1.64. The van der Waals surface area contributed by atoms with Crippen molar-refractivity contribution in [1.29, 1.82) is 0 Å². The molecular formula is C16H20N4OS. The first-order valence-electron chi connectivity index (χ1n) is 7.59. The molecule has 1 fully saturated rings.